The summed E-state index contributed by atoms with van der Waals surface area (Å²) in [5.41, 5.74) is 0.0885. The maximum atomic E-state index is 14.7. The van der Waals surface area contributed by atoms with Crippen LogP contribution < -0.4 is 10.6 Å². The molecule has 1 unspecified atom stereocenters. The molecule has 3 rings (SSSR count). The second-order valence-electron chi connectivity index (χ2n) is 7.41. The Morgan fingerprint density at radius 3 is 2.58 bits per heavy atom. The highest BCUT2D eigenvalue weighted by Crippen LogP contribution is 2.26. The van der Waals surface area contributed by atoms with Gasteiger partial charge in [-0.25, -0.2) is 4.39 Å². The maximum absolute atomic E-state index is 14.7. The maximum Gasteiger partial charge on any atom is 0.287 e. The molecule has 1 saturated carbocycles. The molecular weight excluding hydrogens is 401 g/mol. The lowest BCUT2D eigenvalue weighted by atomic mass is 10.0. The average molecular weight is 427 g/mol. The highest BCUT2D eigenvalue weighted by Gasteiger charge is 2.34. The van der Waals surface area contributed by atoms with Crippen molar-refractivity contribution >= 4 is 17.7 Å². The molecule has 0 saturated heterocycles. The molecule has 1 atom stereocenters. The van der Waals surface area contributed by atoms with Gasteiger partial charge in [0.2, 0.25) is 11.8 Å². The van der Waals surface area contributed by atoms with Gasteiger partial charge in [-0.2, -0.15) is 0 Å². The number of nitrogens with zero attached hydrogens (tertiary/aromatic N) is 1. The van der Waals surface area contributed by atoms with Crippen LogP contribution in [0.15, 0.2) is 59.7 Å². The summed E-state index contributed by atoms with van der Waals surface area (Å²) < 4.78 is 19.7. The van der Waals surface area contributed by atoms with E-state index in [1.165, 1.54) is 41.5 Å². The summed E-state index contributed by atoms with van der Waals surface area (Å²) in [7, 11) is 0. The van der Waals surface area contributed by atoms with E-state index in [4.69, 9.17) is 4.42 Å². The van der Waals surface area contributed by atoms with Crippen molar-refractivity contribution in [3.63, 3.8) is 0 Å². The lowest BCUT2D eigenvalue weighted by molar-refractivity contribution is -0.139. The number of hydrogen-bond acceptors (Lipinski definition) is 4. The van der Waals surface area contributed by atoms with E-state index in [0.717, 1.165) is 25.7 Å². The van der Waals surface area contributed by atoms with Gasteiger partial charge in [0.05, 0.1) is 12.8 Å². The van der Waals surface area contributed by atoms with E-state index >= 15 is 0 Å². The number of amides is 3. The molecule has 164 valence electrons. The molecule has 0 spiro atoms. The van der Waals surface area contributed by atoms with Gasteiger partial charge in [-0.15, -0.1) is 6.58 Å². The summed E-state index contributed by atoms with van der Waals surface area (Å²) in [5.74, 6) is -2.09. The summed E-state index contributed by atoms with van der Waals surface area (Å²) in [6, 6.07) is 7.71. The van der Waals surface area contributed by atoms with Crippen molar-refractivity contribution < 1.29 is 23.2 Å². The molecule has 0 aliphatic heterocycles. The molecule has 1 aromatic carbocycles. The number of nitrogens with one attached hydrogen (secondary N) is 2. The monoisotopic (exact) mass is 427 g/mol. The molecule has 1 aliphatic carbocycles. The Bertz CT molecular complexity index is 923. The van der Waals surface area contributed by atoms with Crippen molar-refractivity contribution in [3.8, 4) is 0 Å². The van der Waals surface area contributed by atoms with Gasteiger partial charge in [0, 0.05) is 18.2 Å². The van der Waals surface area contributed by atoms with Crippen LogP contribution in [0.25, 0.3) is 0 Å². The quantitative estimate of drug-likeness (QED) is 0.602. The second kappa shape index (κ2) is 10.6. The molecule has 0 radical (unpaired) electrons. The van der Waals surface area contributed by atoms with Crippen LogP contribution in [-0.2, 0) is 9.59 Å². The fourth-order valence-electron chi connectivity index (χ4n) is 3.74. The highest BCUT2D eigenvalue weighted by atomic mass is 19.1. The third kappa shape index (κ3) is 5.59. The second-order valence-corrected chi connectivity index (χ2v) is 7.41. The van der Waals surface area contributed by atoms with Crippen LogP contribution in [-0.4, -0.2) is 41.8 Å². The molecule has 0 bridgehead atoms. The van der Waals surface area contributed by atoms with Gasteiger partial charge >= 0.3 is 0 Å². The minimum atomic E-state index is -1.19. The molecule has 2 aromatic rings. The lowest BCUT2D eigenvalue weighted by Crippen LogP contribution is -2.49. The topological polar surface area (TPSA) is 91.7 Å². The van der Waals surface area contributed by atoms with Gasteiger partial charge in [-0.1, -0.05) is 37.1 Å². The molecule has 2 N–H and O–H groups in total. The predicted octanol–water partition coefficient (Wildman–Crippen LogP) is 2.96. The Morgan fingerprint density at radius 2 is 1.94 bits per heavy atom. The molecule has 1 aliphatic rings. The van der Waals surface area contributed by atoms with Crippen LogP contribution in [0.4, 0.5) is 4.39 Å². The van der Waals surface area contributed by atoms with Crippen molar-refractivity contribution in [3.05, 3.63) is 72.5 Å². The Labute approximate surface area is 180 Å². The van der Waals surface area contributed by atoms with Crippen LogP contribution in [0.1, 0.15) is 47.8 Å². The minimum Gasteiger partial charge on any atom is -0.459 e. The number of carbonyl (C=O) groups excluding carboxylic acids is 3. The summed E-state index contributed by atoms with van der Waals surface area (Å²) in [6.45, 7) is 3.28. The van der Waals surface area contributed by atoms with Crippen molar-refractivity contribution in [1.82, 2.24) is 15.5 Å². The Morgan fingerprint density at radius 1 is 1.19 bits per heavy atom. The number of furan rings is 1. The first-order valence-electron chi connectivity index (χ1n) is 10.3. The van der Waals surface area contributed by atoms with Gasteiger partial charge in [0.1, 0.15) is 11.9 Å². The van der Waals surface area contributed by atoms with Gasteiger partial charge in [0.25, 0.3) is 5.91 Å². The molecule has 3 amide bonds. The molecular formula is C23H26FN3O4. The number of benzene rings is 1. The highest BCUT2D eigenvalue weighted by molar-refractivity contribution is 5.95. The summed E-state index contributed by atoms with van der Waals surface area (Å²) >= 11 is 0. The Balaban J connectivity index is 1.82. The Hall–Kier alpha value is -3.42. The van der Waals surface area contributed by atoms with Crippen LogP contribution in [0, 0.1) is 5.82 Å². The van der Waals surface area contributed by atoms with Crippen LogP contribution >= 0.6 is 0 Å². The Kier molecular flexibility index (Phi) is 7.59. The standard InChI is InChI=1S/C23H26FN3O4/c1-2-13-27(20(28)15-25-22(29)19-12-7-14-31-19)21(17-10-5-6-11-18(17)24)23(30)26-16-8-3-4-9-16/h2,5-7,10-12,14,16,21H,1,3-4,8-9,13,15H2,(H,25,29)(H,26,30). The van der Waals surface area contributed by atoms with E-state index in [9.17, 15) is 18.8 Å². The normalized spacial score (nSPS) is 14.6. The number of rotatable bonds is 9. The van der Waals surface area contributed by atoms with E-state index in [1.807, 2.05) is 0 Å². The molecule has 31 heavy (non-hydrogen) atoms. The number of halogens is 1. The van der Waals surface area contributed by atoms with Gasteiger partial charge in [-0.05, 0) is 31.0 Å². The fourth-order valence-corrected chi connectivity index (χ4v) is 3.74. The van der Waals surface area contributed by atoms with Crippen LogP contribution in [0.3, 0.4) is 0 Å². The van der Waals surface area contributed by atoms with Gasteiger partial charge in [0.15, 0.2) is 5.76 Å². The first kappa shape index (κ1) is 22.3. The summed E-state index contributed by atoms with van der Waals surface area (Å²) in [5, 5.41) is 5.42. The van der Waals surface area contributed by atoms with Crippen molar-refractivity contribution in [2.24, 2.45) is 0 Å². The third-order valence-corrected chi connectivity index (χ3v) is 5.25. The zero-order chi connectivity index (χ0) is 22.2. The molecule has 8 heteroatoms. The number of carbonyl (C=O) groups is 3. The zero-order valence-electron chi connectivity index (χ0n) is 17.2. The summed E-state index contributed by atoms with van der Waals surface area (Å²) in [4.78, 5) is 39.5. The van der Waals surface area contributed by atoms with E-state index < -0.39 is 29.6 Å². The predicted molar refractivity (Wildman–Crippen MR) is 112 cm³/mol. The minimum absolute atomic E-state index is 0.00103. The van der Waals surface area contributed by atoms with E-state index in [2.05, 4.69) is 17.2 Å². The van der Waals surface area contributed by atoms with Crippen molar-refractivity contribution in [2.75, 3.05) is 13.1 Å². The molecule has 1 aromatic heterocycles. The first-order chi connectivity index (χ1) is 15.0. The van der Waals surface area contributed by atoms with E-state index in [-0.39, 0.29) is 30.5 Å². The smallest absolute Gasteiger partial charge is 0.287 e. The molecule has 7 nitrogen and oxygen atoms in total. The van der Waals surface area contributed by atoms with Crippen LogP contribution in [0.2, 0.25) is 0 Å². The number of hydrogen-bond donors (Lipinski definition) is 2. The zero-order valence-corrected chi connectivity index (χ0v) is 17.2. The summed E-state index contributed by atoms with van der Waals surface area (Å²) in [6.07, 6.45) is 6.55. The van der Waals surface area contributed by atoms with Gasteiger partial charge < -0.3 is 20.0 Å². The molecule has 1 fully saturated rings. The van der Waals surface area contributed by atoms with Crippen LogP contribution in [0.5, 0.6) is 0 Å². The largest absolute Gasteiger partial charge is 0.459 e. The average Bonchev–Trinajstić information content (AvgIpc) is 3.47. The van der Waals surface area contributed by atoms with Crippen molar-refractivity contribution in [1.29, 1.82) is 0 Å². The third-order valence-electron chi connectivity index (χ3n) is 5.25. The first-order valence-corrected chi connectivity index (χ1v) is 10.3. The van der Waals surface area contributed by atoms with Crippen molar-refractivity contribution in [2.45, 2.75) is 37.8 Å². The van der Waals surface area contributed by atoms with Gasteiger partial charge in [-0.3, -0.25) is 14.4 Å². The van der Waals surface area contributed by atoms with E-state index in [1.54, 1.807) is 12.1 Å². The van der Waals surface area contributed by atoms with E-state index in [0.29, 0.717) is 0 Å². The molecule has 1 heterocycles. The SMILES string of the molecule is C=CCN(C(=O)CNC(=O)c1ccco1)C(C(=O)NC1CCCC1)c1ccccc1F. The lowest BCUT2D eigenvalue weighted by Gasteiger charge is -2.31. The fraction of sp³-hybridized carbons (Fsp3) is 0.348.